The van der Waals surface area contributed by atoms with Crippen LogP contribution < -0.4 is 0 Å². The molecule has 5 nitrogen and oxygen atoms in total. The third-order valence-electron chi connectivity index (χ3n) is 5.85. The maximum absolute atomic E-state index is 12.8. The molecule has 2 heterocycles. The van der Waals surface area contributed by atoms with Crippen LogP contribution in [0.25, 0.3) is 11.0 Å². The van der Waals surface area contributed by atoms with Crippen molar-refractivity contribution in [1.29, 1.82) is 0 Å². The number of para-hydroxylation sites is 1. The summed E-state index contributed by atoms with van der Waals surface area (Å²) >= 11 is 0. The second-order valence-corrected chi connectivity index (χ2v) is 7.63. The fraction of sp³-hybridized carbons (Fsp3) is 0.304. The van der Waals surface area contributed by atoms with Crippen LogP contribution in [0.4, 0.5) is 0 Å². The number of piperazine rings is 1. The number of benzene rings is 2. The number of amides is 2. The smallest absolute Gasteiger partial charge is 0.289 e. The molecule has 2 fully saturated rings. The molecule has 1 aliphatic heterocycles. The SMILES string of the molecule is O=C(c1cc2ccccc2o1)N1CCN(C(=O)[C@@H]2C[C@@H]2c2ccccc2)CC1. The van der Waals surface area contributed by atoms with Gasteiger partial charge in [0, 0.05) is 37.5 Å². The number of hydrogen-bond donors (Lipinski definition) is 0. The van der Waals surface area contributed by atoms with Crippen LogP contribution >= 0.6 is 0 Å². The first-order valence-electron chi connectivity index (χ1n) is 9.82. The van der Waals surface area contributed by atoms with Gasteiger partial charge in [0.25, 0.3) is 5.91 Å². The highest BCUT2D eigenvalue weighted by atomic mass is 16.3. The average Bonchev–Trinajstić information content (AvgIpc) is 3.44. The van der Waals surface area contributed by atoms with E-state index in [0.29, 0.717) is 37.9 Å². The van der Waals surface area contributed by atoms with Gasteiger partial charge in [-0.25, -0.2) is 0 Å². The molecular formula is C23H22N2O3. The van der Waals surface area contributed by atoms with Crippen LogP contribution in [0.3, 0.4) is 0 Å². The molecule has 2 aliphatic rings. The predicted octanol–water partition coefficient (Wildman–Crippen LogP) is 3.52. The summed E-state index contributed by atoms with van der Waals surface area (Å²) in [6.45, 7) is 2.26. The molecule has 1 saturated heterocycles. The highest BCUT2D eigenvalue weighted by Gasteiger charge is 2.46. The summed E-state index contributed by atoms with van der Waals surface area (Å²) in [5, 5.41) is 0.931. The number of furan rings is 1. The maximum Gasteiger partial charge on any atom is 0.289 e. The summed E-state index contributed by atoms with van der Waals surface area (Å²) in [6.07, 6.45) is 0.932. The molecular weight excluding hydrogens is 352 g/mol. The first-order chi connectivity index (χ1) is 13.7. The third kappa shape index (κ3) is 3.07. The fourth-order valence-electron chi connectivity index (χ4n) is 4.14. The van der Waals surface area contributed by atoms with E-state index in [-0.39, 0.29) is 17.7 Å². The Bertz CT molecular complexity index is 986. The number of carbonyl (C=O) groups is 2. The molecule has 3 aromatic rings. The van der Waals surface area contributed by atoms with E-state index in [1.807, 2.05) is 47.4 Å². The van der Waals surface area contributed by atoms with Gasteiger partial charge in [0.15, 0.2) is 5.76 Å². The molecule has 1 saturated carbocycles. The molecule has 5 heteroatoms. The lowest BCUT2D eigenvalue weighted by atomic mass is 10.1. The minimum absolute atomic E-state index is 0.0972. The van der Waals surface area contributed by atoms with Crippen molar-refractivity contribution in [3.05, 3.63) is 72.0 Å². The van der Waals surface area contributed by atoms with E-state index in [4.69, 9.17) is 4.42 Å². The van der Waals surface area contributed by atoms with Gasteiger partial charge in [-0.15, -0.1) is 0 Å². The molecule has 2 amide bonds. The Hall–Kier alpha value is -3.08. The lowest BCUT2D eigenvalue weighted by Crippen LogP contribution is -2.51. The van der Waals surface area contributed by atoms with Crippen LogP contribution in [-0.2, 0) is 4.79 Å². The van der Waals surface area contributed by atoms with Crippen molar-refractivity contribution in [1.82, 2.24) is 9.80 Å². The van der Waals surface area contributed by atoms with Crippen LogP contribution in [0.1, 0.15) is 28.5 Å². The van der Waals surface area contributed by atoms with E-state index < -0.39 is 0 Å². The zero-order chi connectivity index (χ0) is 19.1. The number of nitrogens with zero attached hydrogens (tertiary/aromatic N) is 2. The van der Waals surface area contributed by atoms with Crippen molar-refractivity contribution >= 4 is 22.8 Å². The third-order valence-corrected chi connectivity index (χ3v) is 5.85. The Kier molecular flexibility index (Phi) is 4.15. The number of carbonyl (C=O) groups excluding carboxylic acids is 2. The summed E-state index contributed by atoms with van der Waals surface area (Å²) in [7, 11) is 0. The van der Waals surface area contributed by atoms with Crippen LogP contribution in [0.2, 0.25) is 0 Å². The largest absolute Gasteiger partial charge is 0.451 e. The maximum atomic E-state index is 12.8. The predicted molar refractivity (Wildman–Crippen MR) is 106 cm³/mol. The van der Waals surface area contributed by atoms with Gasteiger partial charge in [-0.05, 0) is 30.0 Å². The summed E-state index contributed by atoms with van der Waals surface area (Å²) in [6, 6.07) is 19.7. The van der Waals surface area contributed by atoms with Crippen LogP contribution in [0, 0.1) is 5.92 Å². The van der Waals surface area contributed by atoms with E-state index in [9.17, 15) is 9.59 Å². The van der Waals surface area contributed by atoms with E-state index in [2.05, 4.69) is 12.1 Å². The molecule has 2 aromatic carbocycles. The molecule has 0 unspecified atom stereocenters. The second-order valence-electron chi connectivity index (χ2n) is 7.63. The van der Waals surface area contributed by atoms with Crippen molar-refractivity contribution in [3.63, 3.8) is 0 Å². The van der Waals surface area contributed by atoms with Gasteiger partial charge >= 0.3 is 0 Å². The van der Waals surface area contributed by atoms with E-state index in [0.717, 1.165) is 17.4 Å². The van der Waals surface area contributed by atoms with Crippen molar-refractivity contribution in [2.24, 2.45) is 5.92 Å². The van der Waals surface area contributed by atoms with Crippen molar-refractivity contribution in [3.8, 4) is 0 Å². The highest BCUT2D eigenvalue weighted by Crippen LogP contribution is 2.48. The second kappa shape index (κ2) is 6.82. The van der Waals surface area contributed by atoms with E-state index in [1.165, 1.54) is 5.56 Å². The van der Waals surface area contributed by atoms with Crippen LogP contribution in [-0.4, -0.2) is 47.8 Å². The summed E-state index contributed by atoms with van der Waals surface area (Å²) in [5.41, 5.74) is 1.97. The number of hydrogen-bond acceptors (Lipinski definition) is 3. The summed E-state index contributed by atoms with van der Waals surface area (Å²) in [5.74, 6) is 0.942. The van der Waals surface area contributed by atoms with Gasteiger partial charge < -0.3 is 14.2 Å². The average molecular weight is 374 g/mol. The molecule has 1 aromatic heterocycles. The van der Waals surface area contributed by atoms with Crippen molar-refractivity contribution in [2.45, 2.75) is 12.3 Å². The standard InChI is InChI=1S/C23H22N2O3/c26-22(19-15-18(19)16-6-2-1-3-7-16)24-10-12-25(13-11-24)23(27)21-14-17-8-4-5-9-20(17)28-21/h1-9,14,18-19H,10-13,15H2/t18-,19-/m1/s1. The normalized spacial score (nSPS) is 21.7. The lowest BCUT2D eigenvalue weighted by Gasteiger charge is -2.34. The monoisotopic (exact) mass is 374 g/mol. The topological polar surface area (TPSA) is 53.8 Å². The van der Waals surface area contributed by atoms with Gasteiger partial charge in [-0.2, -0.15) is 0 Å². The number of rotatable bonds is 3. The quantitative estimate of drug-likeness (QED) is 0.705. The molecule has 5 rings (SSSR count). The van der Waals surface area contributed by atoms with Gasteiger partial charge in [0.2, 0.25) is 5.91 Å². The molecule has 0 spiro atoms. The van der Waals surface area contributed by atoms with Gasteiger partial charge in [-0.3, -0.25) is 9.59 Å². The minimum Gasteiger partial charge on any atom is -0.451 e. The molecule has 1 aliphatic carbocycles. The highest BCUT2D eigenvalue weighted by molar-refractivity contribution is 5.96. The van der Waals surface area contributed by atoms with Crippen LogP contribution in [0.15, 0.2) is 65.1 Å². The lowest BCUT2D eigenvalue weighted by molar-refractivity contribution is -0.134. The molecule has 2 atom stereocenters. The molecule has 28 heavy (non-hydrogen) atoms. The van der Waals surface area contributed by atoms with Gasteiger partial charge in [0.05, 0.1) is 0 Å². The Morgan fingerprint density at radius 2 is 1.54 bits per heavy atom. The fourth-order valence-corrected chi connectivity index (χ4v) is 4.14. The van der Waals surface area contributed by atoms with Crippen LogP contribution in [0.5, 0.6) is 0 Å². The van der Waals surface area contributed by atoms with Crippen molar-refractivity contribution < 1.29 is 14.0 Å². The van der Waals surface area contributed by atoms with Crippen molar-refractivity contribution in [2.75, 3.05) is 26.2 Å². The summed E-state index contributed by atoms with van der Waals surface area (Å²) < 4.78 is 5.70. The van der Waals surface area contributed by atoms with E-state index in [1.54, 1.807) is 11.0 Å². The summed E-state index contributed by atoms with van der Waals surface area (Å²) in [4.78, 5) is 29.3. The zero-order valence-electron chi connectivity index (χ0n) is 15.6. The van der Waals surface area contributed by atoms with Gasteiger partial charge in [-0.1, -0.05) is 48.5 Å². The molecule has 0 radical (unpaired) electrons. The molecule has 0 bridgehead atoms. The minimum atomic E-state index is -0.100. The first kappa shape index (κ1) is 17.0. The zero-order valence-corrected chi connectivity index (χ0v) is 15.6. The Labute approximate surface area is 163 Å². The molecule has 142 valence electrons. The first-order valence-corrected chi connectivity index (χ1v) is 9.82. The Morgan fingerprint density at radius 1 is 0.857 bits per heavy atom. The number of fused-ring (bicyclic) bond motifs is 1. The van der Waals surface area contributed by atoms with E-state index >= 15 is 0 Å². The Balaban J connectivity index is 1.19. The van der Waals surface area contributed by atoms with Gasteiger partial charge in [0.1, 0.15) is 5.58 Å². The Morgan fingerprint density at radius 3 is 2.29 bits per heavy atom. The molecule has 0 N–H and O–H groups in total.